The van der Waals surface area contributed by atoms with Crippen LogP contribution in [0.25, 0.3) is 0 Å². The van der Waals surface area contributed by atoms with Crippen molar-refractivity contribution in [1.82, 2.24) is 5.32 Å². The maximum absolute atomic E-state index is 12.2. The van der Waals surface area contributed by atoms with Crippen LogP contribution in [0.3, 0.4) is 0 Å². The molecule has 1 aromatic rings. The van der Waals surface area contributed by atoms with Gasteiger partial charge in [0, 0.05) is 6.54 Å². The fourth-order valence-corrected chi connectivity index (χ4v) is 2.35. The van der Waals surface area contributed by atoms with Crippen LogP contribution in [0.4, 0.5) is 5.69 Å². The molecule has 1 aliphatic rings. The zero-order valence-corrected chi connectivity index (χ0v) is 11.2. The molecule has 1 aliphatic heterocycles. The quantitative estimate of drug-likeness (QED) is 0.887. The van der Waals surface area contributed by atoms with Crippen LogP contribution in [0, 0.1) is 0 Å². The largest absolute Gasteiger partial charge is 0.492 e. The summed E-state index contributed by atoms with van der Waals surface area (Å²) in [5.74, 6) is 0.849. The van der Waals surface area contributed by atoms with Crippen molar-refractivity contribution >= 4 is 11.6 Å². The van der Waals surface area contributed by atoms with Crippen molar-refractivity contribution in [1.29, 1.82) is 0 Å². The van der Waals surface area contributed by atoms with Gasteiger partial charge in [0.25, 0.3) is 0 Å². The molecule has 2 rings (SSSR count). The van der Waals surface area contributed by atoms with Crippen molar-refractivity contribution in [3.05, 3.63) is 24.3 Å². The van der Waals surface area contributed by atoms with Gasteiger partial charge in [-0.1, -0.05) is 12.1 Å². The molecule has 0 aliphatic carbocycles. The molecule has 1 saturated heterocycles. The minimum Gasteiger partial charge on any atom is -0.492 e. The first-order chi connectivity index (χ1) is 8.56. The van der Waals surface area contributed by atoms with Crippen LogP contribution in [-0.2, 0) is 4.79 Å². The van der Waals surface area contributed by atoms with Gasteiger partial charge in [0.05, 0.1) is 24.4 Å². The maximum atomic E-state index is 12.2. The predicted molar refractivity (Wildman–Crippen MR) is 72.0 cm³/mol. The summed E-state index contributed by atoms with van der Waals surface area (Å²) >= 11 is 0. The fourth-order valence-electron chi connectivity index (χ4n) is 2.35. The highest BCUT2D eigenvalue weighted by molar-refractivity contribution is 5.98. The summed E-state index contributed by atoms with van der Waals surface area (Å²) in [5, 5.41) is 3.14. The zero-order chi connectivity index (χ0) is 13.2. The molecule has 98 valence electrons. The van der Waals surface area contributed by atoms with Crippen LogP contribution in [0.15, 0.2) is 24.3 Å². The zero-order valence-electron chi connectivity index (χ0n) is 11.2. The number of nitrogens with zero attached hydrogens (tertiary/aromatic N) is 1. The number of hydrogen-bond donors (Lipinski definition) is 1. The Kier molecular flexibility index (Phi) is 3.57. The first-order valence-corrected chi connectivity index (χ1v) is 6.32. The Balaban J connectivity index is 2.42. The Labute approximate surface area is 108 Å². The average molecular weight is 248 g/mol. The summed E-state index contributed by atoms with van der Waals surface area (Å²) < 4.78 is 5.62. The van der Waals surface area contributed by atoms with Crippen LogP contribution in [0.5, 0.6) is 5.75 Å². The van der Waals surface area contributed by atoms with E-state index in [4.69, 9.17) is 4.74 Å². The molecule has 18 heavy (non-hydrogen) atoms. The van der Waals surface area contributed by atoms with E-state index in [0.717, 1.165) is 18.0 Å². The highest BCUT2D eigenvalue weighted by Crippen LogP contribution is 2.34. The standard InChI is InChI=1S/C14H20N2O2/c1-4-18-12-8-6-5-7-11(12)16-13(17)9-15-10-14(16,2)3/h5-8,15H,4,9-10H2,1-3H3. The van der Waals surface area contributed by atoms with E-state index in [1.807, 2.05) is 36.1 Å². The van der Waals surface area contributed by atoms with E-state index in [1.54, 1.807) is 0 Å². The molecule has 1 fully saturated rings. The molecule has 4 nitrogen and oxygen atoms in total. The summed E-state index contributed by atoms with van der Waals surface area (Å²) in [6.45, 7) is 7.81. The van der Waals surface area contributed by atoms with Gasteiger partial charge >= 0.3 is 0 Å². The second-order valence-electron chi connectivity index (χ2n) is 5.05. The summed E-state index contributed by atoms with van der Waals surface area (Å²) in [6.07, 6.45) is 0. The number of ether oxygens (including phenoxy) is 1. The number of amides is 1. The lowest BCUT2D eigenvalue weighted by Gasteiger charge is -2.43. The van der Waals surface area contributed by atoms with Crippen molar-refractivity contribution in [3.63, 3.8) is 0 Å². The average Bonchev–Trinajstić information content (AvgIpc) is 2.30. The Morgan fingerprint density at radius 2 is 2.11 bits per heavy atom. The summed E-state index contributed by atoms with van der Waals surface area (Å²) in [6, 6.07) is 7.71. The van der Waals surface area contributed by atoms with Gasteiger partial charge in [0.1, 0.15) is 5.75 Å². The molecule has 1 N–H and O–H groups in total. The third-order valence-electron chi connectivity index (χ3n) is 3.09. The second kappa shape index (κ2) is 4.98. The first-order valence-electron chi connectivity index (χ1n) is 6.32. The Morgan fingerprint density at radius 1 is 1.39 bits per heavy atom. The van der Waals surface area contributed by atoms with Crippen molar-refractivity contribution in [3.8, 4) is 5.75 Å². The SMILES string of the molecule is CCOc1ccccc1N1C(=O)CNCC1(C)C. The van der Waals surface area contributed by atoms with Crippen molar-refractivity contribution in [2.45, 2.75) is 26.3 Å². The van der Waals surface area contributed by atoms with Crippen molar-refractivity contribution in [2.24, 2.45) is 0 Å². The predicted octanol–water partition coefficient (Wildman–Crippen LogP) is 1.80. The first kappa shape index (κ1) is 12.9. The molecule has 0 unspecified atom stereocenters. The monoisotopic (exact) mass is 248 g/mol. The lowest BCUT2D eigenvalue weighted by Crippen LogP contribution is -2.61. The third-order valence-corrected chi connectivity index (χ3v) is 3.09. The number of hydrogen-bond acceptors (Lipinski definition) is 3. The smallest absolute Gasteiger partial charge is 0.241 e. The Bertz CT molecular complexity index is 443. The molecular formula is C14H20N2O2. The van der Waals surface area contributed by atoms with Crippen LogP contribution >= 0.6 is 0 Å². The van der Waals surface area contributed by atoms with Crippen LogP contribution < -0.4 is 15.0 Å². The minimum absolute atomic E-state index is 0.0819. The maximum Gasteiger partial charge on any atom is 0.241 e. The van der Waals surface area contributed by atoms with Crippen molar-refractivity contribution in [2.75, 3.05) is 24.6 Å². The molecule has 1 amide bonds. The Hall–Kier alpha value is -1.55. The summed E-state index contributed by atoms with van der Waals surface area (Å²) in [7, 11) is 0. The molecule has 0 atom stereocenters. The van der Waals surface area contributed by atoms with Crippen LogP contribution in [0.2, 0.25) is 0 Å². The molecule has 4 heteroatoms. The van der Waals surface area contributed by atoms with Crippen LogP contribution in [-0.4, -0.2) is 31.1 Å². The van der Waals surface area contributed by atoms with E-state index in [2.05, 4.69) is 19.2 Å². The number of piperazine rings is 1. The van der Waals surface area contributed by atoms with Gasteiger partial charge in [-0.25, -0.2) is 0 Å². The molecular weight excluding hydrogens is 228 g/mol. The number of nitrogens with one attached hydrogen (secondary N) is 1. The molecule has 0 saturated carbocycles. The van der Waals surface area contributed by atoms with Gasteiger partial charge < -0.3 is 15.0 Å². The van der Waals surface area contributed by atoms with Crippen LogP contribution in [0.1, 0.15) is 20.8 Å². The molecule has 1 aromatic carbocycles. The van der Waals surface area contributed by atoms with Gasteiger partial charge in [-0.15, -0.1) is 0 Å². The van der Waals surface area contributed by atoms with Gasteiger partial charge in [-0.05, 0) is 32.9 Å². The summed E-state index contributed by atoms with van der Waals surface area (Å²) in [5.41, 5.74) is 0.610. The van der Waals surface area contributed by atoms with Gasteiger partial charge in [0.15, 0.2) is 0 Å². The topological polar surface area (TPSA) is 41.6 Å². The molecule has 1 heterocycles. The third kappa shape index (κ3) is 2.34. The number of benzene rings is 1. The minimum atomic E-state index is -0.247. The van der Waals surface area contributed by atoms with E-state index >= 15 is 0 Å². The number of carbonyl (C=O) groups is 1. The van der Waals surface area contributed by atoms with Crippen molar-refractivity contribution < 1.29 is 9.53 Å². The van der Waals surface area contributed by atoms with E-state index in [9.17, 15) is 4.79 Å². The second-order valence-corrected chi connectivity index (χ2v) is 5.05. The number of rotatable bonds is 3. The van der Waals surface area contributed by atoms with E-state index in [1.165, 1.54) is 0 Å². The Morgan fingerprint density at radius 3 is 2.78 bits per heavy atom. The van der Waals surface area contributed by atoms with Gasteiger partial charge in [-0.2, -0.15) is 0 Å². The number of anilines is 1. The molecule has 0 spiro atoms. The fraction of sp³-hybridized carbons (Fsp3) is 0.500. The molecule has 0 bridgehead atoms. The molecule has 0 radical (unpaired) electrons. The summed E-state index contributed by atoms with van der Waals surface area (Å²) in [4.78, 5) is 14.0. The van der Waals surface area contributed by atoms with E-state index in [-0.39, 0.29) is 11.4 Å². The molecule has 0 aromatic heterocycles. The highest BCUT2D eigenvalue weighted by Gasteiger charge is 2.36. The van der Waals surface area contributed by atoms with Gasteiger partial charge in [-0.3, -0.25) is 4.79 Å². The lowest BCUT2D eigenvalue weighted by molar-refractivity contribution is -0.120. The number of carbonyl (C=O) groups excluding carboxylic acids is 1. The lowest BCUT2D eigenvalue weighted by atomic mass is 9.98. The van der Waals surface area contributed by atoms with E-state index < -0.39 is 0 Å². The number of para-hydroxylation sites is 2. The normalized spacial score (nSPS) is 18.8. The highest BCUT2D eigenvalue weighted by atomic mass is 16.5. The van der Waals surface area contributed by atoms with Gasteiger partial charge in [0.2, 0.25) is 5.91 Å². The van der Waals surface area contributed by atoms with E-state index in [0.29, 0.717) is 13.2 Å².